The molecule has 1 saturated heterocycles. The van der Waals surface area contributed by atoms with E-state index in [2.05, 4.69) is 15.9 Å². The number of hydrogen-bond acceptors (Lipinski definition) is 3. The third kappa shape index (κ3) is 2.44. The molecule has 4 nitrogen and oxygen atoms in total. The molecule has 3 rings (SSSR count). The maximum Gasteiger partial charge on any atom is 0.223 e. The summed E-state index contributed by atoms with van der Waals surface area (Å²) in [5, 5.41) is 0. The largest absolute Gasteiger partial charge is 0.496 e. The van der Waals surface area contributed by atoms with Crippen molar-refractivity contribution in [3.63, 3.8) is 0 Å². The number of rotatable bonds is 3. The highest BCUT2D eigenvalue weighted by Gasteiger charge is 2.43. The second-order valence-corrected chi connectivity index (χ2v) is 6.48. The zero-order chi connectivity index (χ0) is 14.3. The van der Waals surface area contributed by atoms with Crippen LogP contribution in [0.15, 0.2) is 22.7 Å². The van der Waals surface area contributed by atoms with Crippen molar-refractivity contribution in [2.75, 3.05) is 7.11 Å². The Morgan fingerprint density at radius 2 is 2.10 bits per heavy atom. The Kier molecular flexibility index (Phi) is 3.73. The predicted octanol–water partition coefficient (Wildman–Crippen LogP) is 2.61. The van der Waals surface area contributed by atoms with E-state index in [1.807, 2.05) is 23.1 Å². The van der Waals surface area contributed by atoms with Crippen LogP contribution in [0.4, 0.5) is 0 Å². The molecule has 1 aromatic rings. The summed E-state index contributed by atoms with van der Waals surface area (Å²) < 4.78 is 6.45. The fraction of sp³-hybridized carbons (Fsp3) is 0.533. The van der Waals surface area contributed by atoms with Crippen LogP contribution in [-0.4, -0.2) is 30.0 Å². The molecule has 0 bridgehead atoms. The fourth-order valence-corrected chi connectivity index (χ4v) is 3.42. The molecule has 0 radical (unpaired) electrons. The van der Waals surface area contributed by atoms with Crippen molar-refractivity contribution < 1.29 is 9.53 Å². The van der Waals surface area contributed by atoms with Crippen LogP contribution >= 0.6 is 15.9 Å². The highest BCUT2D eigenvalue weighted by molar-refractivity contribution is 9.10. The third-order valence-corrected chi connectivity index (χ3v) is 4.63. The third-order valence-electron chi connectivity index (χ3n) is 4.14. The molecular formula is C15H19BrN2O2. The van der Waals surface area contributed by atoms with Gasteiger partial charge in [0.1, 0.15) is 5.75 Å². The van der Waals surface area contributed by atoms with Crippen molar-refractivity contribution in [3.05, 3.63) is 28.2 Å². The number of piperidine rings is 1. The van der Waals surface area contributed by atoms with Crippen LogP contribution in [0.5, 0.6) is 5.75 Å². The van der Waals surface area contributed by atoms with Crippen LogP contribution < -0.4 is 10.5 Å². The lowest BCUT2D eigenvalue weighted by molar-refractivity contribution is -0.138. The van der Waals surface area contributed by atoms with Crippen molar-refractivity contribution in [2.45, 2.75) is 43.8 Å². The van der Waals surface area contributed by atoms with Crippen LogP contribution in [0.1, 0.15) is 37.3 Å². The first kappa shape index (κ1) is 13.9. The molecule has 1 aliphatic carbocycles. The number of likely N-dealkylation sites (tertiary alicyclic amines) is 1. The summed E-state index contributed by atoms with van der Waals surface area (Å²) in [6.07, 6.45) is 3.48. The summed E-state index contributed by atoms with van der Waals surface area (Å²) in [6.45, 7) is 0. The standard InChI is InChI=1S/C15H19BrN2O2/c1-20-13-6-2-9(16)8-11(13)15-12(17)5-7-14(19)18(15)10-3-4-10/h2,6,8,10,12,15H,3-5,7,17H2,1H3. The monoisotopic (exact) mass is 338 g/mol. The summed E-state index contributed by atoms with van der Waals surface area (Å²) in [6, 6.07) is 6.16. The lowest BCUT2D eigenvalue weighted by Crippen LogP contribution is -2.49. The number of nitrogens with zero attached hydrogens (tertiary/aromatic N) is 1. The van der Waals surface area contributed by atoms with Gasteiger partial charge in [0.05, 0.1) is 13.2 Å². The second kappa shape index (κ2) is 5.37. The molecule has 0 aromatic heterocycles. The average Bonchev–Trinajstić information content (AvgIpc) is 3.25. The minimum atomic E-state index is -0.0730. The van der Waals surface area contributed by atoms with Crippen LogP contribution in [0, 0.1) is 0 Å². The number of nitrogens with two attached hydrogens (primary N) is 1. The summed E-state index contributed by atoms with van der Waals surface area (Å²) in [5.74, 6) is 1.02. The maximum absolute atomic E-state index is 12.3. The molecule has 20 heavy (non-hydrogen) atoms. The van der Waals surface area contributed by atoms with Crippen molar-refractivity contribution in [2.24, 2.45) is 5.73 Å². The van der Waals surface area contributed by atoms with Crippen molar-refractivity contribution in [3.8, 4) is 5.75 Å². The van der Waals surface area contributed by atoms with E-state index in [0.29, 0.717) is 12.5 Å². The van der Waals surface area contributed by atoms with Gasteiger partial charge in [0.15, 0.2) is 0 Å². The molecule has 2 fully saturated rings. The van der Waals surface area contributed by atoms with Gasteiger partial charge in [-0.25, -0.2) is 0 Å². The molecule has 1 heterocycles. The van der Waals surface area contributed by atoms with E-state index in [0.717, 1.165) is 35.0 Å². The van der Waals surface area contributed by atoms with E-state index >= 15 is 0 Å². The minimum absolute atomic E-state index is 0.0310. The van der Waals surface area contributed by atoms with Gasteiger partial charge in [0.25, 0.3) is 0 Å². The van der Waals surface area contributed by atoms with Gasteiger partial charge in [0.2, 0.25) is 5.91 Å². The van der Waals surface area contributed by atoms with Gasteiger partial charge >= 0.3 is 0 Å². The lowest BCUT2D eigenvalue weighted by atomic mass is 9.89. The molecule has 2 N–H and O–H groups in total. The highest BCUT2D eigenvalue weighted by Crippen LogP contribution is 2.43. The van der Waals surface area contributed by atoms with Crippen LogP contribution in [0.25, 0.3) is 0 Å². The summed E-state index contributed by atoms with van der Waals surface area (Å²) in [4.78, 5) is 14.3. The summed E-state index contributed by atoms with van der Waals surface area (Å²) in [5.41, 5.74) is 7.35. The first-order valence-electron chi connectivity index (χ1n) is 7.02. The van der Waals surface area contributed by atoms with Crippen LogP contribution in [-0.2, 0) is 4.79 Å². The number of carbonyl (C=O) groups is 1. The maximum atomic E-state index is 12.3. The van der Waals surface area contributed by atoms with Crippen molar-refractivity contribution >= 4 is 21.8 Å². The van der Waals surface area contributed by atoms with Crippen LogP contribution in [0.2, 0.25) is 0 Å². The topological polar surface area (TPSA) is 55.6 Å². The smallest absolute Gasteiger partial charge is 0.223 e. The summed E-state index contributed by atoms with van der Waals surface area (Å²) in [7, 11) is 1.66. The van der Waals surface area contributed by atoms with E-state index in [9.17, 15) is 4.79 Å². The first-order valence-corrected chi connectivity index (χ1v) is 7.81. The normalized spacial score (nSPS) is 26.8. The van der Waals surface area contributed by atoms with Gasteiger partial charge in [-0.3, -0.25) is 4.79 Å². The minimum Gasteiger partial charge on any atom is -0.496 e. The Labute approximate surface area is 127 Å². The molecule has 1 aromatic carbocycles. The average molecular weight is 339 g/mol. The van der Waals surface area contributed by atoms with E-state index in [4.69, 9.17) is 10.5 Å². The molecule has 0 spiro atoms. The number of benzene rings is 1. The predicted molar refractivity (Wildman–Crippen MR) is 80.5 cm³/mol. The molecular weight excluding hydrogens is 320 g/mol. The van der Waals surface area contributed by atoms with E-state index < -0.39 is 0 Å². The number of carbonyl (C=O) groups excluding carboxylic acids is 1. The van der Waals surface area contributed by atoms with E-state index in [1.54, 1.807) is 7.11 Å². The zero-order valence-electron chi connectivity index (χ0n) is 11.5. The molecule has 1 aliphatic heterocycles. The fourth-order valence-electron chi connectivity index (χ4n) is 3.04. The number of halogens is 1. The molecule has 2 atom stereocenters. The van der Waals surface area contributed by atoms with E-state index in [1.165, 1.54) is 0 Å². The second-order valence-electron chi connectivity index (χ2n) is 5.57. The summed E-state index contributed by atoms with van der Waals surface area (Å²) >= 11 is 3.50. The van der Waals surface area contributed by atoms with Gasteiger partial charge < -0.3 is 15.4 Å². The number of hydrogen-bond donors (Lipinski definition) is 1. The lowest BCUT2D eigenvalue weighted by Gasteiger charge is -2.40. The Balaban J connectivity index is 2.04. The number of ether oxygens (including phenoxy) is 1. The van der Waals surface area contributed by atoms with Gasteiger partial charge in [-0.1, -0.05) is 15.9 Å². The quantitative estimate of drug-likeness (QED) is 0.921. The molecule has 2 unspecified atom stereocenters. The molecule has 108 valence electrons. The molecule has 5 heteroatoms. The Morgan fingerprint density at radius 3 is 2.75 bits per heavy atom. The first-order chi connectivity index (χ1) is 9.61. The Bertz CT molecular complexity index is 531. The number of amides is 1. The highest BCUT2D eigenvalue weighted by atomic mass is 79.9. The van der Waals surface area contributed by atoms with Gasteiger partial charge in [-0.05, 0) is 37.5 Å². The van der Waals surface area contributed by atoms with Crippen molar-refractivity contribution in [1.82, 2.24) is 4.90 Å². The Morgan fingerprint density at radius 1 is 1.35 bits per heavy atom. The molecule has 1 saturated carbocycles. The molecule has 2 aliphatic rings. The van der Waals surface area contributed by atoms with E-state index in [-0.39, 0.29) is 18.0 Å². The van der Waals surface area contributed by atoms with Gasteiger partial charge in [-0.15, -0.1) is 0 Å². The Hall–Kier alpha value is -1.07. The SMILES string of the molecule is COc1ccc(Br)cc1C1C(N)CCC(=O)N1C1CC1. The van der Waals surface area contributed by atoms with Crippen molar-refractivity contribution in [1.29, 1.82) is 0 Å². The van der Waals surface area contributed by atoms with Gasteiger partial charge in [-0.2, -0.15) is 0 Å². The molecule has 1 amide bonds. The van der Waals surface area contributed by atoms with Crippen LogP contribution in [0.3, 0.4) is 0 Å². The zero-order valence-corrected chi connectivity index (χ0v) is 13.1. The number of methoxy groups -OCH3 is 1. The van der Waals surface area contributed by atoms with Gasteiger partial charge in [0, 0.05) is 28.5 Å².